The van der Waals surface area contributed by atoms with Crippen LogP contribution < -0.4 is 16.4 Å². The number of nitrogens with two attached hydrogens (primary N) is 1. The first-order valence-electron chi connectivity index (χ1n) is 9.71. The number of guanidine groups is 1. The third-order valence-corrected chi connectivity index (χ3v) is 5.84. The molecule has 1 aliphatic heterocycles. The molecule has 3 aliphatic rings. The van der Waals surface area contributed by atoms with Gasteiger partial charge >= 0.3 is 6.18 Å². The van der Waals surface area contributed by atoms with Gasteiger partial charge in [-0.15, -0.1) is 0 Å². The average molecular weight is 394 g/mol. The summed E-state index contributed by atoms with van der Waals surface area (Å²) in [6.45, 7) is 4.06. The number of amidine groups is 1. The summed E-state index contributed by atoms with van der Waals surface area (Å²) in [6, 6.07) is 2.59. The van der Waals surface area contributed by atoms with Gasteiger partial charge in [0.2, 0.25) is 0 Å². The molecule has 28 heavy (non-hydrogen) atoms. The molecule has 0 aromatic carbocycles. The van der Waals surface area contributed by atoms with Crippen molar-refractivity contribution < 1.29 is 13.2 Å². The molecule has 0 radical (unpaired) electrons. The summed E-state index contributed by atoms with van der Waals surface area (Å²) < 4.78 is 39.3. The van der Waals surface area contributed by atoms with E-state index in [1.165, 1.54) is 6.07 Å². The summed E-state index contributed by atoms with van der Waals surface area (Å²) in [6.07, 6.45) is 1.06. The van der Waals surface area contributed by atoms with E-state index in [1.54, 1.807) is 0 Å². The van der Waals surface area contributed by atoms with E-state index in [0.29, 0.717) is 17.8 Å². The molecule has 9 heteroatoms. The van der Waals surface area contributed by atoms with Crippen molar-refractivity contribution in [3.8, 4) is 0 Å². The highest BCUT2D eigenvalue weighted by molar-refractivity contribution is 6.10. The van der Waals surface area contributed by atoms with Gasteiger partial charge in [-0.1, -0.05) is 6.92 Å². The summed E-state index contributed by atoms with van der Waals surface area (Å²) >= 11 is 0. The van der Waals surface area contributed by atoms with Gasteiger partial charge in [-0.3, -0.25) is 10.7 Å². The minimum absolute atomic E-state index is 0.0231. The molecule has 4 rings (SSSR count). The molecule has 0 bridgehead atoms. The number of halogens is 3. The number of rotatable bonds is 5. The van der Waals surface area contributed by atoms with Crippen LogP contribution in [0.5, 0.6) is 0 Å². The molecule has 0 amide bonds. The Morgan fingerprint density at radius 2 is 1.89 bits per heavy atom. The zero-order chi connectivity index (χ0) is 20.1. The Morgan fingerprint density at radius 1 is 1.21 bits per heavy atom. The van der Waals surface area contributed by atoms with E-state index in [2.05, 4.69) is 20.6 Å². The molecular weight excluding hydrogens is 369 g/mol. The van der Waals surface area contributed by atoms with Crippen LogP contribution in [-0.2, 0) is 6.18 Å². The second-order valence-corrected chi connectivity index (χ2v) is 8.15. The Hall–Kier alpha value is -2.16. The van der Waals surface area contributed by atoms with Gasteiger partial charge in [0, 0.05) is 17.7 Å². The van der Waals surface area contributed by atoms with Gasteiger partial charge in [0.25, 0.3) is 0 Å². The summed E-state index contributed by atoms with van der Waals surface area (Å²) in [4.78, 5) is 12.7. The molecule has 0 spiro atoms. The molecule has 152 valence electrons. The number of nitrogens with zero attached hydrogens (tertiary/aromatic N) is 3. The van der Waals surface area contributed by atoms with E-state index in [0.717, 1.165) is 37.9 Å². The van der Waals surface area contributed by atoms with Gasteiger partial charge < -0.3 is 10.6 Å². The minimum atomic E-state index is -4.53. The van der Waals surface area contributed by atoms with Crippen molar-refractivity contribution in [2.24, 2.45) is 33.5 Å². The second-order valence-electron chi connectivity index (χ2n) is 8.15. The lowest BCUT2D eigenvalue weighted by atomic mass is 9.97. The fraction of sp³-hybridized carbons (Fsp3) is 0.632. The Balaban J connectivity index is 1.70. The Bertz CT molecular complexity index is 812. The quantitative estimate of drug-likeness (QED) is 0.717. The SMILES string of the molecule is C[C@H](C1CC1)C1(N)N=C(c2ccnc(C(F)(F)F)c2)NC(=N[C@H](C)C2CC2)N1. The number of nitrogens with one attached hydrogen (secondary N) is 2. The molecule has 4 N–H and O–H groups in total. The number of aliphatic imine (C=N–C) groups is 2. The van der Waals surface area contributed by atoms with E-state index in [1.807, 2.05) is 13.8 Å². The van der Waals surface area contributed by atoms with Crippen LogP contribution in [0.25, 0.3) is 0 Å². The highest BCUT2D eigenvalue weighted by atomic mass is 19.4. The molecule has 2 saturated carbocycles. The van der Waals surface area contributed by atoms with Crippen LogP contribution in [0.15, 0.2) is 28.3 Å². The van der Waals surface area contributed by atoms with Crippen molar-refractivity contribution >= 4 is 11.8 Å². The predicted octanol–water partition coefficient (Wildman–Crippen LogP) is 2.85. The van der Waals surface area contributed by atoms with Crippen molar-refractivity contribution in [2.75, 3.05) is 0 Å². The molecule has 3 atom stereocenters. The van der Waals surface area contributed by atoms with Crippen molar-refractivity contribution in [3.63, 3.8) is 0 Å². The average Bonchev–Trinajstić information content (AvgIpc) is 3.53. The highest BCUT2D eigenvalue weighted by Crippen LogP contribution is 2.41. The van der Waals surface area contributed by atoms with E-state index in [4.69, 9.17) is 10.7 Å². The number of alkyl halides is 3. The van der Waals surface area contributed by atoms with Crippen LogP contribution in [0.1, 0.15) is 50.8 Å². The lowest BCUT2D eigenvalue weighted by Crippen LogP contribution is -2.66. The fourth-order valence-corrected chi connectivity index (χ4v) is 3.57. The van der Waals surface area contributed by atoms with Gasteiger partial charge in [0.1, 0.15) is 11.5 Å². The zero-order valence-corrected chi connectivity index (χ0v) is 15.9. The van der Waals surface area contributed by atoms with Crippen LogP contribution in [0.4, 0.5) is 13.2 Å². The maximum atomic E-state index is 13.1. The Kier molecular flexibility index (Phi) is 4.60. The summed E-state index contributed by atoms with van der Waals surface area (Å²) in [7, 11) is 0. The monoisotopic (exact) mass is 394 g/mol. The van der Waals surface area contributed by atoms with Gasteiger partial charge in [-0.2, -0.15) is 13.2 Å². The number of hydrogen-bond donors (Lipinski definition) is 3. The summed E-state index contributed by atoms with van der Waals surface area (Å²) in [5.41, 5.74) is 5.92. The van der Waals surface area contributed by atoms with Crippen molar-refractivity contribution in [2.45, 2.75) is 57.5 Å². The van der Waals surface area contributed by atoms with Crippen LogP contribution in [-0.4, -0.2) is 28.6 Å². The van der Waals surface area contributed by atoms with Crippen LogP contribution in [0.2, 0.25) is 0 Å². The topological polar surface area (TPSA) is 87.7 Å². The molecule has 1 aromatic rings. The van der Waals surface area contributed by atoms with Crippen LogP contribution >= 0.6 is 0 Å². The molecule has 1 unspecified atom stereocenters. The molecule has 1 aromatic heterocycles. The van der Waals surface area contributed by atoms with Gasteiger partial charge in [-0.05, 0) is 56.6 Å². The second kappa shape index (κ2) is 6.72. The summed E-state index contributed by atoms with van der Waals surface area (Å²) in [5.74, 6) is 0.643. The molecule has 2 heterocycles. The molecule has 2 fully saturated rings. The van der Waals surface area contributed by atoms with E-state index >= 15 is 0 Å². The van der Waals surface area contributed by atoms with Crippen LogP contribution in [0, 0.1) is 17.8 Å². The Morgan fingerprint density at radius 3 is 2.50 bits per heavy atom. The number of hydrogen-bond acceptors (Lipinski definition) is 4. The third-order valence-electron chi connectivity index (χ3n) is 5.84. The maximum Gasteiger partial charge on any atom is 0.433 e. The standard InChI is InChI=1S/C19H25F3N6/c1-10(12-3-4-12)19(23)27-16(14-7-8-24-15(9-14)18(20,21)22)26-17(28-19)25-11(2)13-5-6-13/h7-13H,3-6,23H2,1-2H3,(H2,25,26,27,28)/t10-,11-,19?/m1/s1. The van der Waals surface area contributed by atoms with E-state index in [-0.39, 0.29) is 23.4 Å². The first-order chi connectivity index (χ1) is 13.2. The summed E-state index contributed by atoms with van der Waals surface area (Å²) in [5, 5.41) is 6.25. The fourth-order valence-electron chi connectivity index (χ4n) is 3.57. The normalized spacial score (nSPS) is 28.9. The molecule has 2 aliphatic carbocycles. The molecule has 6 nitrogen and oxygen atoms in total. The zero-order valence-electron chi connectivity index (χ0n) is 15.9. The van der Waals surface area contributed by atoms with Crippen molar-refractivity contribution in [1.29, 1.82) is 0 Å². The van der Waals surface area contributed by atoms with Gasteiger partial charge in [0.05, 0.1) is 6.04 Å². The van der Waals surface area contributed by atoms with Gasteiger partial charge in [-0.25, -0.2) is 9.98 Å². The first-order valence-corrected chi connectivity index (χ1v) is 9.71. The van der Waals surface area contributed by atoms with E-state index in [9.17, 15) is 13.2 Å². The largest absolute Gasteiger partial charge is 0.433 e. The van der Waals surface area contributed by atoms with E-state index < -0.39 is 17.7 Å². The molecule has 0 saturated heterocycles. The minimum Gasteiger partial charge on any atom is -0.319 e. The Labute approximate surface area is 161 Å². The first kappa shape index (κ1) is 19.2. The molecular formula is C19H25F3N6. The lowest BCUT2D eigenvalue weighted by Gasteiger charge is -2.38. The predicted molar refractivity (Wildman–Crippen MR) is 100 cm³/mol. The highest BCUT2D eigenvalue weighted by Gasteiger charge is 2.45. The van der Waals surface area contributed by atoms with Gasteiger partial charge in [0.15, 0.2) is 11.7 Å². The number of aromatic nitrogens is 1. The number of pyridine rings is 1. The van der Waals surface area contributed by atoms with Crippen molar-refractivity contribution in [1.82, 2.24) is 15.6 Å². The van der Waals surface area contributed by atoms with Crippen LogP contribution in [0.3, 0.4) is 0 Å². The maximum absolute atomic E-state index is 13.1. The van der Waals surface area contributed by atoms with Crippen molar-refractivity contribution in [3.05, 3.63) is 29.6 Å². The lowest BCUT2D eigenvalue weighted by molar-refractivity contribution is -0.141. The smallest absolute Gasteiger partial charge is 0.319 e. The third kappa shape index (κ3) is 3.99.